The van der Waals surface area contributed by atoms with E-state index in [2.05, 4.69) is 10.5 Å². The Bertz CT molecular complexity index is 260. The summed E-state index contributed by atoms with van der Waals surface area (Å²) in [6, 6.07) is 0. The zero-order valence-electron chi connectivity index (χ0n) is 9.17. The van der Waals surface area contributed by atoms with Crippen LogP contribution in [0.3, 0.4) is 0 Å². The van der Waals surface area contributed by atoms with E-state index < -0.39 is 17.0 Å². The molecule has 0 saturated carbocycles. The normalized spacial score (nSPS) is 11.8. The highest BCUT2D eigenvalue weighted by Crippen LogP contribution is 2.09. The predicted octanol–water partition coefficient (Wildman–Crippen LogP) is 0.947. The molecule has 0 saturated heterocycles. The third-order valence-corrected chi connectivity index (χ3v) is 1.33. The van der Waals surface area contributed by atoms with Gasteiger partial charge in [0.15, 0.2) is 0 Å². The van der Waals surface area contributed by atoms with Gasteiger partial charge >= 0.3 is 0 Å². The summed E-state index contributed by atoms with van der Waals surface area (Å²) in [5, 5.41) is 0. The van der Waals surface area contributed by atoms with E-state index in [9.17, 15) is 9.59 Å². The van der Waals surface area contributed by atoms with Crippen molar-refractivity contribution in [3.63, 3.8) is 0 Å². The Kier molecular flexibility index (Phi) is 3.98. The van der Waals surface area contributed by atoms with E-state index in [1.807, 2.05) is 0 Å². The van der Waals surface area contributed by atoms with Crippen LogP contribution in [0.5, 0.6) is 0 Å². The maximum Gasteiger partial charge on any atom is 0.271 e. The molecule has 1 N–H and O–H groups in total. The lowest BCUT2D eigenvalue weighted by Gasteiger charge is -2.22. The molecule has 0 bridgehead atoms. The van der Waals surface area contributed by atoms with E-state index in [0.717, 1.165) is 0 Å². The fraction of sp³-hybridized carbons (Fsp3) is 0.778. The van der Waals surface area contributed by atoms with Gasteiger partial charge in [-0.3, -0.25) is 9.63 Å². The molecule has 0 heterocycles. The second-order valence-electron chi connectivity index (χ2n) is 4.41. The zero-order chi connectivity index (χ0) is 11.4. The number of isocyanates is 1. The van der Waals surface area contributed by atoms with Gasteiger partial charge in [0.2, 0.25) is 6.08 Å². The first kappa shape index (κ1) is 12.8. The smallest absolute Gasteiger partial charge is 0.270 e. The van der Waals surface area contributed by atoms with Crippen molar-refractivity contribution in [1.29, 1.82) is 0 Å². The van der Waals surface area contributed by atoms with Crippen LogP contribution in [0.4, 0.5) is 0 Å². The first-order chi connectivity index (χ1) is 6.19. The summed E-state index contributed by atoms with van der Waals surface area (Å²) in [7, 11) is 0. The molecule has 0 aromatic rings. The minimum atomic E-state index is -1.15. The van der Waals surface area contributed by atoms with Gasteiger partial charge in [-0.2, -0.15) is 4.99 Å². The summed E-state index contributed by atoms with van der Waals surface area (Å²) in [6.45, 7) is 8.38. The minimum absolute atomic E-state index is 0.476. The lowest BCUT2D eigenvalue weighted by Crippen LogP contribution is -2.44. The molecule has 0 unspecified atom stereocenters. The van der Waals surface area contributed by atoms with Crippen LogP contribution in [0.1, 0.15) is 34.6 Å². The van der Waals surface area contributed by atoms with Crippen molar-refractivity contribution in [2.24, 2.45) is 4.99 Å². The average Bonchev–Trinajstić information content (AvgIpc) is 1.98. The summed E-state index contributed by atoms with van der Waals surface area (Å²) in [4.78, 5) is 29.8. The lowest BCUT2D eigenvalue weighted by molar-refractivity contribution is -0.149. The highest BCUT2D eigenvalue weighted by atomic mass is 16.7. The van der Waals surface area contributed by atoms with Gasteiger partial charge in [0.25, 0.3) is 5.91 Å². The number of hydrogen-bond acceptors (Lipinski definition) is 4. The Balaban J connectivity index is 4.29. The quantitative estimate of drug-likeness (QED) is 0.419. The van der Waals surface area contributed by atoms with Gasteiger partial charge in [0, 0.05) is 0 Å². The number of rotatable bonds is 3. The third-order valence-electron chi connectivity index (χ3n) is 1.33. The monoisotopic (exact) mass is 200 g/mol. The van der Waals surface area contributed by atoms with Crippen LogP contribution in [0, 0.1) is 0 Å². The van der Waals surface area contributed by atoms with Gasteiger partial charge < -0.3 is 0 Å². The summed E-state index contributed by atoms with van der Waals surface area (Å²) in [5.41, 5.74) is 0.615. The van der Waals surface area contributed by atoms with Crippen molar-refractivity contribution in [2.45, 2.75) is 45.8 Å². The Hall–Kier alpha value is -1.19. The van der Waals surface area contributed by atoms with Gasteiger partial charge in [-0.25, -0.2) is 10.3 Å². The molecule has 0 aliphatic rings. The largest absolute Gasteiger partial charge is 0.271 e. The van der Waals surface area contributed by atoms with Crippen molar-refractivity contribution in [1.82, 2.24) is 5.48 Å². The topological polar surface area (TPSA) is 67.8 Å². The van der Waals surface area contributed by atoms with E-state index in [0.29, 0.717) is 0 Å². The molecule has 0 aromatic carbocycles. The number of aliphatic imine (C=N–C) groups is 1. The molecule has 0 radical (unpaired) electrons. The molecule has 0 aliphatic heterocycles. The summed E-state index contributed by atoms with van der Waals surface area (Å²) < 4.78 is 0. The number of amides is 1. The Morgan fingerprint density at radius 3 is 2.14 bits per heavy atom. The molecule has 5 nitrogen and oxygen atoms in total. The third kappa shape index (κ3) is 4.74. The lowest BCUT2D eigenvalue weighted by atomic mass is 10.1. The highest BCUT2D eigenvalue weighted by molar-refractivity contribution is 5.85. The standard InChI is InChI=1S/C9H16N2O3/c1-8(2,3)14-11-7(13)9(4,5)10-6-12/h1-5H3,(H,11,13). The van der Waals surface area contributed by atoms with Gasteiger partial charge in [0.1, 0.15) is 5.54 Å². The number of carbonyl (C=O) groups excluding carboxylic acids is 2. The maximum atomic E-state index is 11.4. The Labute approximate surface area is 83.5 Å². The van der Waals surface area contributed by atoms with Crippen LogP contribution in [-0.4, -0.2) is 23.1 Å². The van der Waals surface area contributed by atoms with E-state index in [1.54, 1.807) is 20.8 Å². The van der Waals surface area contributed by atoms with E-state index >= 15 is 0 Å². The molecule has 0 fully saturated rings. The minimum Gasteiger partial charge on any atom is -0.270 e. The van der Waals surface area contributed by atoms with Crippen LogP contribution in [0.15, 0.2) is 4.99 Å². The predicted molar refractivity (Wildman–Crippen MR) is 51.2 cm³/mol. The molecule has 0 aliphatic carbocycles. The Morgan fingerprint density at radius 1 is 1.29 bits per heavy atom. The number of hydrogen-bond donors (Lipinski definition) is 1. The SMILES string of the molecule is CC(C)(C)ONC(=O)C(C)(C)N=C=O. The molecule has 0 rings (SSSR count). The molecule has 5 heteroatoms. The maximum absolute atomic E-state index is 11.4. The van der Waals surface area contributed by atoms with E-state index in [-0.39, 0.29) is 0 Å². The first-order valence-corrected chi connectivity index (χ1v) is 4.26. The van der Waals surface area contributed by atoms with Crippen molar-refractivity contribution in [3.8, 4) is 0 Å². The summed E-state index contributed by atoms with van der Waals surface area (Å²) in [5.74, 6) is -0.476. The molecule has 80 valence electrons. The average molecular weight is 200 g/mol. The Morgan fingerprint density at radius 2 is 1.79 bits per heavy atom. The number of hydroxylamine groups is 1. The first-order valence-electron chi connectivity index (χ1n) is 4.26. The number of carbonyl (C=O) groups is 1. The number of nitrogens with zero attached hydrogens (tertiary/aromatic N) is 1. The van der Waals surface area contributed by atoms with Gasteiger partial charge in [-0.15, -0.1) is 0 Å². The van der Waals surface area contributed by atoms with Crippen LogP contribution in [-0.2, 0) is 14.4 Å². The van der Waals surface area contributed by atoms with Crippen molar-refractivity contribution in [2.75, 3.05) is 0 Å². The molecule has 0 atom stereocenters. The second kappa shape index (κ2) is 4.35. The molecular weight excluding hydrogens is 184 g/mol. The highest BCUT2D eigenvalue weighted by Gasteiger charge is 2.28. The number of nitrogens with one attached hydrogen (secondary N) is 1. The molecule has 0 spiro atoms. The van der Waals surface area contributed by atoms with Crippen LogP contribution >= 0.6 is 0 Å². The van der Waals surface area contributed by atoms with Gasteiger partial charge in [0.05, 0.1) is 5.60 Å². The van der Waals surface area contributed by atoms with Crippen LogP contribution in [0.25, 0.3) is 0 Å². The fourth-order valence-electron chi connectivity index (χ4n) is 0.489. The summed E-state index contributed by atoms with van der Waals surface area (Å²) in [6.07, 6.45) is 1.34. The van der Waals surface area contributed by atoms with Gasteiger partial charge in [-0.1, -0.05) is 0 Å². The molecule has 0 aromatic heterocycles. The zero-order valence-corrected chi connectivity index (χ0v) is 9.17. The second-order valence-corrected chi connectivity index (χ2v) is 4.41. The summed E-state index contributed by atoms with van der Waals surface area (Å²) >= 11 is 0. The fourth-order valence-corrected chi connectivity index (χ4v) is 0.489. The van der Waals surface area contributed by atoms with Crippen molar-refractivity contribution in [3.05, 3.63) is 0 Å². The van der Waals surface area contributed by atoms with E-state index in [1.165, 1.54) is 19.9 Å². The molecule has 1 amide bonds. The van der Waals surface area contributed by atoms with Gasteiger partial charge in [-0.05, 0) is 34.6 Å². The van der Waals surface area contributed by atoms with Crippen LogP contribution < -0.4 is 5.48 Å². The van der Waals surface area contributed by atoms with E-state index in [4.69, 9.17) is 4.84 Å². The van der Waals surface area contributed by atoms with Crippen molar-refractivity contribution < 1.29 is 14.4 Å². The van der Waals surface area contributed by atoms with Crippen LogP contribution in [0.2, 0.25) is 0 Å². The van der Waals surface area contributed by atoms with Crippen molar-refractivity contribution >= 4 is 12.0 Å². The molecular formula is C9H16N2O3. The molecule has 14 heavy (non-hydrogen) atoms.